The maximum absolute atomic E-state index is 13.7. The topological polar surface area (TPSA) is 49.3 Å². The summed E-state index contributed by atoms with van der Waals surface area (Å²) in [6.45, 7) is 2.23. The van der Waals surface area contributed by atoms with E-state index in [0.29, 0.717) is 5.57 Å². The smallest absolute Gasteiger partial charge is 0.252 e. The number of fused-ring (bicyclic) bond motifs is 1. The Balaban J connectivity index is 2.15. The first-order valence-electron chi connectivity index (χ1n) is 5.85. The summed E-state index contributed by atoms with van der Waals surface area (Å²) in [5.41, 5.74) is 0.682. The van der Waals surface area contributed by atoms with Gasteiger partial charge in [-0.1, -0.05) is 24.3 Å². The number of nitrogens with one attached hydrogen (secondary N) is 1. The average molecular weight is 249 g/mol. The van der Waals surface area contributed by atoms with E-state index in [1.807, 2.05) is 24.3 Å². The molecule has 0 fully saturated rings. The van der Waals surface area contributed by atoms with Crippen molar-refractivity contribution in [3.8, 4) is 0 Å². The number of hydrogen-bond donors (Lipinski definition) is 2. The lowest BCUT2D eigenvalue weighted by atomic mass is 10.0. The molecule has 0 spiro atoms. The highest BCUT2D eigenvalue weighted by Crippen LogP contribution is 2.30. The van der Waals surface area contributed by atoms with Gasteiger partial charge in [0.15, 0.2) is 0 Å². The fourth-order valence-corrected chi connectivity index (χ4v) is 1.96. The van der Waals surface area contributed by atoms with Gasteiger partial charge < -0.3 is 10.4 Å². The van der Waals surface area contributed by atoms with Gasteiger partial charge in [-0.25, -0.2) is 4.39 Å². The molecule has 0 aromatic heterocycles. The minimum atomic E-state index is -1.66. The Kier molecular flexibility index (Phi) is 3.22. The second kappa shape index (κ2) is 4.53. The molecule has 2 rings (SSSR count). The van der Waals surface area contributed by atoms with Crippen molar-refractivity contribution in [1.82, 2.24) is 5.32 Å². The van der Waals surface area contributed by atoms with Gasteiger partial charge in [-0.15, -0.1) is 0 Å². The van der Waals surface area contributed by atoms with Crippen molar-refractivity contribution in [1.29, 1.82) is 0 Å². The first-order chi connectivity index (χ1) is 8.43. The molecule has 96 valence electrons. The lowest BCUT2D eigenvalue weighted by molar-refractivity contribution is -0.119. The lowest BCUT2D eigenvalue weighted by Crippen LogP contribution is -2.49. The molecule has 0 bridgehead atoms. The van der Waals surface area contributed by atoms with E-state index < -0.39 is 18.3 Å². The Hall–Kier alpha value is -1.68. The monoisotopic (exact) mass is 249 g/mol. The predicted octanol–water partition coefficient (Wildman–Crippen LogP) is 1.57. The quantitative estimate of drug-likeness (QED) is 0.794. The maximum atomic E-state index is 13.7. The van der Waals surface area contributed by atoms with Gasteiger partial charge in [-0.05, 0) is 31.1 Å². The van der Waals surface area contributed by atoms with Crippen LogP contribution in [0.2, 0.25) is 0 Å². The fourth-order valence-electron chi connectivity index (χ4n) is 1.96. The van der Waals surface area contributed by atoms with Gasteiger partial charge in [0.2, 0.25) is 0 Å². The number of rotatable bonds is 4. The number of carbonyl (C=O) groups is 1. The van der Waals surface area contributed by atoms with Gasteiger partial charge in [0, 0.05) is 5.57 Å². The Bertz CT molecular complexity index is 492. The fraction of sp³-hybridized carbons (Fsp3) is 0.357. The SMILES string of the molecule is CC(C)(F)[C@H](CO)NC(=O)C1=C2C=CC=C2C=C1. The van der Waals surface area contributed by atoms with Crippen LogP contribution in [0.3, 0.4) is 0 Å². The van der Waals surface area contributed by atoms with Crippen molar-refractivity contribution in [2.24, 2.45) is 0 Å². The number of hydrogen-bond acceptors (Lipinski definition) is 2. The summed E-state index contributed by atoms with van der Waals surface area (Å²) in [6.07, 6.45) is 9.18. The van der Waals surface area contributed by atoms with Crippen molar-refractivity contribution in [3.05, 3.63) is 47.1 Å². The molecule has 0 radical (unpaired) electrons. The summed E-state index contributed by atoms with van der Waals surface area (Å²) in [4.78, 5) is 12.0. The number of halogens is 1. The van der Waals surface area contributed by atoms with Crippen LogP contribution in [0.25, 0.3) is 0 Å². The maximum Gasteiger partial charge on any atom is 0.252 e. The van der Waals surface area contributed by atoms with Crippen LogP contribution in [0.4, 0.5) is 4.39 Å². The summed E-state index contributed by atoms with van der Waals surface area (Å²) in [6, 6.07) is -0.912. The number of allylic oxidation sites excluding steroid dienone is 6. The molecule has 0 aromatic rings. The number of aliphatic hydroxyl groups is 1. The Morgan fingerprint density at radius 2 is 2.17 bits per heavy atom. The Morgan fingerprint density at radius 1 is 1.44 bits per heavy atom. The zero-order valence-corrected chi connectivity index (χ0v) is 10.4. The van der Waals surface area contributed by atoms with Crippen molar-refractivity contribution >= 4 is 5.91 Å². The highest BCUT2D eigenvalue weighted by atomic mass is 19.1. The standard InChI is InChI=1S/C14H16FNO2/c1-14(2,15)12(8-17)16-13(18)11-7-6-9-4-3-5-10(9)11/h3-7,12,17H,8H2,1-2H3,(H,16,18)/t12-/m0/s1. The molecule has 0 unspecified atom stereocenters. The molecule has 2 aliphatic carbocycles. The Labute approximate surface area is 105 Å². The number of amides is 1. The van der Waals surface area contributed by atoms with Crippen molar-refractivity contribution in [3.63, 3.8) is 0 Å². The summed E-state index contributed by atoms with van der Waals surface area (Å²) in [5, 5.41) is 11.7. The van der Waals surface area contributed by atoms with Crippen molar-refractivity contribution in [2.45, 2.75) is 25.6 Å². The van der Waals surface area contributed by atoms with Crippen LogP contribution in [-0.2, 0) is 4.79 Å². The van der Waals surface area contributed by atoms with Gasteiger partial charge in [-0.3, -0.25) is 4.79 Å². The molecule has 0 heterocycles. The number of alkyl halides is 1. The highest BCUT2D eigenvalue weighted by Gasteiger charge is 2.31. The Morgan fingerprint density at radius 3 is 2.78 bits per heavy atom. The molecular weight excluding hydrogens is 233 g/mol. The molecular formula is C14H16FNO2. The van der Waals surface area contributed by atoms with Gasteiger partial charge in [-0.2, -0.15) is 0 Å². The summed E-state index contributed by atoms with van der Waals surface area (Å²) in [7, 11) is 0. The molecule has 1 atom stereocenters. The van der Waals surface area contributed by atoms with E-state index in [9.17, 15) is 9.18 Å². The lowest BCUT2D eigenvalue weighted by Gasteiger charge is -2.26. The van der Waals surface area contributed by atoms with E-state index in [2.05, 4.69) is 5.32 Å². The van der Waals surface area contributed by atoms with E-state index in [1.165, 1.54) is 13.8 Å². The second-order valence-electron chi connectivity index (χ2n) is 4.91. The molecule has 1 amide bonds. The van der Waals surface area contributed by atoms with Gasteiger partial charge in [0.05, 0.1) is 12.6 Å². The van der Waals surface area contributed by atoms with E-state index in [4.69, 9.17) is 5.11 Å². The largest absolute Gasteiger partial charge is 0.394 e. The molecule has 18 heavy (non-hydrogen) atoms. The highest BCUT2D eigenvalue weighted by molar-refractivity contribution is 6.00. The van der Waals surface area contributed by atoms with Crippen molar-refractivity contribution in [2.75, 3.05) is 6.61 Å². The predicted molar refractivity (Wildman–Crippen MR) is 67.6 cm³/mol. The molecule has 0 aliphatic heterocycles. The molecule has 3 nitrogen and oxygen atoms in total. The van der Waals surface area contributed by atoms with Gasteiger partial charge in [0.1, 0.15) is 5.67 Å². The van der Waals surface area contributed by atoms with Gasteiger partial charge in [0.25, 0.3) is 5.91 Å². The molecule has 0 saturated heterocycles. The van der Waals surface area contributed by atoms with Crippen LogP contribution in [0.5, 0.6) is 0 Å². The second-order valence-corrected chi connectivity index (χ2v) is 4.91. The molecule has 0 aromatic carbocycles. The molecule has 2 N–H and O–H groups in total. The van der Waals surface area contributed by atoms with Crippen LogP contribution in [0.1, 0.15) is 13.8 Å². The third-order valence-corrected chi connectivity index (χ3v) is 3.13. The van der Waals surface area contributed by atoms with E-state index in [0.717, 1.165) is 11.1 Å². The third-order valence-electron chi connectivity index (χ3n) is 3.13. The van der Waals surface area contributed by atoms with Crippen LogP contribution >= 0.6 is 0 Å². The zero-order chi connectivity index (χ0) is 13.3. The molecule has 2 aliphatic rings. The molecule has 0 saturated carbocycles. The molecule has 4 heteroatoms. The first kappa shape index (κ1) is 12.8. The van der Waals surface area contributed by atoms with Gasteiger partial charge >= 0.3 is 0 Å². The summed E-state index contributed by atoms with van der Waals surface area (Å²) in [5.74, 6) is -0.360. The van der Waals surface area contributed by atoms with Crippen LogP contribution in [0, 0.1) is 0 Å². The first-order valence-corrected chi connectivity index (χ1v) is 5.85. The minimum absolute atomic E-state index is 0.360. The third kappa shape index (κ3) is 2.29. The number of carbonyl (C=O) groups excluding carboxylic acids is 1. The summed E-state index contributed by atoms with van der Waals surface area (Å²) >= 11 is 0. The number of aliphatic hydroxyl groups excluding tert-OH is 1. The average Bonchev–Trinajstić information content (AvgIpc) is 2.84. The zero-order valence-electron chi connectivity index (χ0n) is 10.4. The van der Waals surface area contributed by atoms with Crippen LogP contribution < -0.4 is 5.32 Å². The van der Waals surface area contributed by atoms with Crippen LogP contribution in [-0.4, -0.2) is 29.3 Å². The van der Waals surface area contributed by atoms with E-state index in [1.54, 1.807) is 6.08 Å². The summed E-state index contributed by atoms with van der Waals surface area (Å²) < 4.78 is 13.7. The van der Waals surface area contributed by atoms with E-state index in [-0.39, 0.29) is 5.91 Å². The minimum Gasteiger partial charge on any atom is -0.394 e. The van der Waals surface area contributed by atoms with Crippen molar-refractivity contribution < 1.29 is 14.3 Å². The van der Waals surface area contributed by atoms with E-state index >= 15 is 0 Å². The normalized spacial score (nSPS) is 19.0. The van der Waals surface area contributed by atoms with Crippen LogP contribution in [0.15, 0.2) is 47.1 Å².